The van der Waals surface area contributed by atoms with Gasteiger partial charge in [-0.1, -0.05) is 37.8 Å². The van der Waals surface area contributed by atoms with Crippen molar-refractivity contribution in [3.63, 3.8) is 0 Å². The smallest absolute Gasteiger partial charge is 0.0957 e. The van der Waals surface area contributed by atoms with E-state index in [0.717, 1.165) is 17.9 Å². The van der Waals surface area contributed by atoms with Crippen LogP contribution in [0.3, 0.4) is 0 Å². The normalized spacial score (nSPS) is 29.2. The van der Waals surface area contributed by atoms with Crippen LogP contribution < -0.4 is 0 Å². The monoisotopic (exact) mass is 206 g/mol. The zero-order valence-electron chi connectivity index (χ0n) is 9.92. The molecule has 1 saturated carbocycles. The van der Waals surface area contributed by atoms with Gasteiger partial charge in [-0.3, -0.25) is 0 Å². The molecule has 2 aliphatic carbocycles. The molecule has 0 radical (unpaired) electrons. The fourth-order valence-electron chi connectivity index (χ4n) is 3.00. The summed E-state index contributed by atoms with van der Waals surface area (Å²) < 4.78 is 0. The van der Waals surface area contributed by atoms with E-state index in [0.29, 0.717) is 11.7 Å². The molecule has 1 fully saturated rings. The van der Waals surface area contributed by atoms with Crippen molar-refractivity contribution in [3.8, 4) is 0 Å². The molecule has 0 aromatic rings. The summed E-state index contributed by atoms with van der Waals surface area (Å²) in [6.07, 6.45) is 10.0. The van der Waals surface area contributed by atoms with Gasteiger partial charge in [0.2, 0.25) is 0 Å². The highest BCUT2D eigenvalue weighted by atomic mass is 16.3. The van der Waals surface area contributed by atoms with E-state index in [1.54, 1.807) is 5.57 Å². The van der Waals surface area contributed by atoms with Crippen LogP contribution in [0.2, 0.25) is 0 Å². The summed E-state index contributed by atoms with van der Waals surface area (Å²) in [6, 6.07) is 0. The lowest BCUT2D eigenvalue weighted by Crippen LogP contribution is -2.18. The van der Waals surface area contributed by atoms with Gasteiger partial charge in [0.1, 0.15) is 0 Å². The van der Waals surface area contributed by atoms with Gasteiger partial charge in [-0.25, -0.2) is 0 Å². The molecular weight excluding hydrogens is 184 g/mol. The van der Waals surface area contributed by atoms with Gasteiger partial charge in [0.15, 0.2) is 0 Å². The van der Waals surface area contributed by atoms with Crippen molar-refractivity contribution in [3.05, 3.63) is 23.0 Å². The molecule has 0 bridgehead atoms. The van der Waals surface area contributed by atoms with Crippen molar-refractivity contribution in [2.45, 2.75) is 52.4 Å². The predicted octanol–water partition coefficient (Wildman–Crippen LogP) is 4.36. The first-order valence-corrected chi connectivity index (χ1v) is 6.28. The van der Waals surface area contributed by atoms with Crippen molar-refractivity contribution in [1.82, 2.24) is 0 Å². The van der Waals surface area contributed by atoms with Crippen LogP contribution in [0.5, 0.6) is 0 Å². The molecule has 0 aromatic carbocycles. The molecule has 0 saturated heterocycles. The van der Waals surface area contributed by atoms with Gasteiger partial charge < -0.3 is 5.11 Å². The van der Waals surface area contributed by atoms with E-state index in [2.05, 4.69) is 13.0 Å². The van der Waals surface area contributed by atoms with Gasteiger partial charge >= 0.3 is 0 Å². The summed E-state index contributed by atoms with van der Waals surface area (Å²) in [6.45, 7) is 4.28. The molecule has 0 heterocycles. The van der Waals surface area contributed by atoms with E-state index < -0.39 is 0 Å². The zero-order valence-corrected chi connectivity index (χ0v) is 9.92. The van der Waals surface area contributed by atoms with Crippen LogP contribution in [-0.2, 0) is 0 Å². The summed E-state index contributed by atoms with van der Waals surface area (Å²) in [5.74, 6) is 1.95. The van der Waals surface area contributed by atoms with Crippen LogP contribution in [0.4, 0.5) is 0 Å². The molecule has 0 amide bonds. The fraction of sp³-hybridized carbons (Fsp3) is 0.714. The molecule has 1 heteroatoms. The molecule has 0 aromatic heterocycles. The van der Waals surface area contributed by atoms with Crippen molar-refractivity contribution in [2.24, 2.45) is 11.8 Å². The number of hydrogen-bond acceptors (Lipinski definition) is 1. The van der Waals surface area contributed by atoms with Crippen molar-refractivity contribution >= 4 is 0 Å². The van der Waals surface area contributed by atoms with Gasteiger partial charge in [-0.2, -0.15) is 0 Å². The topological polar surface area (TPSA) is 20.2 Å². The molecule has 1 N–H and O–H groups in total. The lowest BCUT2D eigenvalue weighted by Gasteiger charge is -2.31. The molecule has 2 rings (SSSR count). The average molecular weight is 206 g/mol. The summed E-state index contributed by atoms with van der Waals surface area (Å²) in [5, 5.41) is 9.70. The molecule has 0 aliphatic heterocycles. The second kappa shape index (κ2) is 4.42. The van der Waals surface area contributed by atoms with Crippen LogP contribution >= 0.6 is 0 Å². The lowest BCUT2D eigenvalue weighted by atomic mass is 9.75. The van der Waals surface area contributed by atoms with Gasteiger partial charge in [0.05, 0.1) is 5.76 Å². The molecule has 1 atom stereocenters. The Morgan fingerprint density at radius 3 is 2.53 bits per heavy atom. The molecule has 84 valence electrons. The minimum absolute atomic E-state index is 0.553. The number of rotatable bonds is 1. The third-order valence-corrected chi connectivity index (χ3v) is 3.98. The molecule has 0 spiro atoms. The Bertz CT molecular complexity index is 292. The van der Waals surface area contributed by atoms with Crippen LogP contribution in [0.25, 0.3) is 0 Å². The Morgan fingerprint density at radius 1 is 1.20 bits per heavy atom. The molecule has 1 nitrogen and oxygen atoms in total. The third-order valence-electron chi connectivity index (χ3n) is 3.98. The first-order chi connectivity index (χ1) is 7.18. The minimum Gasteiger partial charge on any atom is -0.512 e. The number of aliphatic hydroxyl groups excluding tert-OH is 1. The van der Waals surface area contributed by atoms with Crippen LogP contribution in [0, 0.1) is 11.8 Å². The number of hydrogen-bond donors (Lipinski definition) is 1. The van der Waals surface area contributed by atoms with E-state index in [1.165, 1.54) is 32.1 Å². The summed E-state index contributed by atoms with van der Waals surface area (Å²) in [7, 11) is 0. The average Bonchev–Trinajstić information content (AvgIpc) is 2.25. The molecule has 1 unspecified atom stereocenters. The largest absolute Gasteiger partial charge is 0.512 e. The minimum atomic E-state index is 0.553. The van der Waals surface area contributed by atoms with E-state index in [-0.39, 0.29) is 0 Å². The molecular formula is C14H22O. The Morgan fingerprint density at radius 2 is 1.87 bits per heavy atom. The second-order valence-electron chi connectivity index (χ2n) is 5.21. The van der Waals surface area contributed by atoms with Crippen molar-refractivity contribution in [2.75, 3.05) is 0 Å². The summed E-state index contributed by atoms with van der Waals surface area (Å²) >= 11 is 0. The van der Waals surface area contributed by atoms with Crippen LogP contribution in [-0.4, -0.2) is 5.11 Å². The Kier molecular flexibility index (Phi) is 3.18. The molecule has 15 heavy (non-hydrogen) atoms. The Balaban J connectivity index is 2.16. The fourth-order valence-corrected chi connectivity index (χ4v) is 3.00. The van der Waals surface area contributed by atoms with Crippen LogP contribution in [0.1, 0.15) is 52.4 Å². The quantitative estimate of drug-likeness (QED) is 0.675. The standard InChI is InChI=1S/C14H22O/c1-10-9-14(15)11(2)8-13(10)12-6-4-3-5-7-12/h8,10,12,15H,3-7,9H2,1-2H3. The highest BCUT2D eigenvalue weighted by Crippen LogP contribution is 2.38. The number of allylic oxidation sites excluding steroid dienone is 4. The maximum absolute atomic E-state index is 9.70. The Hall–Kier alpha value is -0.720. The van der Waals surface area contributed by atoms with Gasteiger partial charge in [-0.05, 0) is 37.2 Å². The highest BCUT2D eigenvalue weighted by molar-refractivity contribution is 5.32. The van der Waals surface area contributed by atoms with Gasteiger partial charge in [0.25, 0.3) is 0 Å². The Labute approximate surface area is 92.9 Å². The predicted molar refractivity (Wildman–Crippen MR) is 63.8 cm³/mol. The van der Waals surface area contributed by atoms with Gasteiger partial charge in [0, 0.05) is 6.42 Å². The number of aliphatic hydroxyl groups is 1. The third kappa shape index (κ3) is 2.27. The summed E-state index contributed by atoms with van der Waals surface area (Å²) in [4.78, 5) is 0. The molecule has 2 aliphatic rings. The summed E-state index contributed by atoms with van der Waals surface area (Å²) in [5.41, 5.74) is 2.69. The highest BCUT2D eigenvalue weighted by Gasteiger charge is 2.25. The van der Waals surface area contributed by atoms with Gasteiger partial charge in [-0.15, -0.1) is 0 Å². The van der Waals surface area contributed by atoms with E-state index in [4.69, 9.17) is 0 Å². The maximum Gasteiger partial charge on any atom is 0.0957 e. The van der Waals surface area contributed by atoms with Crippen molar-refractivity contribution < 1.29 is 5.11 Å². The first-order valence-electron chi connectivity index (χ1n) is 6.28. The van der Waals surface area contributed by atoms with E-state index in [9.17, 15) is 5.11 Å². The SMILES string of the molecule is CC1=C(O)CC(C)C(C2CCCCC2)=C1. The van der Waals surface area contributed by atoms with E-state index >= 15 is 0 Å². The zero-order chi connectivity index (χ0) is 10.8. The second-order valence-corrected chi connectivity index (χ2v) is 5.21. The van der Waals surface area contributed by atoms with E-state index in [1.807, 2.05) is 6.92 Å². The first kappa shape index (κ1) is 10.8. The van der Waals surface area contributed by atoms with Crippen LogP contribution in [0.15, 0.2) is 23.0 Å². The maximum atomic E-state index is 9.70. The lowest BCUT2D eigenvalue weighted by molar-refractivity contribution is 0.329. The van der Waals surface area contributed by atoms with Crippen molar-refractivity contribution in [1.29, 1.82) is 0 Å².